The highest BCUT2D eigenvalue weighted by Crippen LogP contribution is 2.38. The Labute approximate surface area is 180 Å². The maximum atomic E-state index is 12.6. The van der Waals surface area contributed by atoms with Crippen LogP contribution in [0.4, 0.5) is 4.79 Å². The number of likely N-dealkylation sites (tertiary alicyclic amines) is 1. The van der Waals surface area contributed by atoms with E-state index in [1.807, 2.05) is 42.5 Å². The van der Waals surface area contributed by atoms with Crippen LogP contribution < -0.4 is 5.32 Å². The summed E-state index contributed by atoms with van der Waals surface area (Å²) in [6.45, 7) is 1.96. The first kappa shape index (κ1) is 20.5. The van der Waals surface area contributed by atoms with Crippen LogP contribution >= 0.6 is 23.2 Å². The van der Waals surface area contributed by atoms with Crippen molar-refractivity contribution < 1.29 is 14.3 Å². The molecular formula is C22H24Cl2N2O3. The Hall–Kier alpha value is -1.79. The zero-order chi connectivity index (χ0) is 20.2. The monoisotopic (exact) mass is 434 g/mol. The van der Waals surface area contributed by atoms with Crippen LogP contribution in [-0.4, -0.2) is 43.0 Å². The van der Waals surface area contributed by atoms with Gasteiger partial charge < -0.3 is 14.8 Å². The number of benzene rings is 2. The van der Waals surface area contributed by atoms with Crippen molar-refractivity contribution >= 4 is 29.2 Å². The number of amides is 2. The molecule has 0 aliphatic carbocycles. The first-order chi connectivity index (χ1) is 14.1. The molecule has 2 fully saturated rings. The summed E-state index contributed by atoms with van der Waals surface area (Å²) in [6.07, 6.45) is 2.19. The van der Waals surface area contributed by atoms with E-state index in [2.05, 4.69) is 5.32 Å². The zero-order valence-electron chi connectivity index (χ0n) is 16.0. The van der Waals surface area contributed by atoms with Gasteiger partial charge in [-0.15, -0.1) is 0 Å². The van der Waals surface area contributed by atoms with E-state index in [0.29, 0.717) is 23.1 Å². The Balaban J connectivity index is 1.47. The zero-order valence-corrected chi connectivity index (χ0v) is 17.5. The molecule has 3 atom stereocenters. The first-order valence-corrected chi connectivity index (χ1v) is 10.7. The molecule has 3 unspecified atom stereocenters. The molecule has 2 amide bonds. The van der Waals surface area contributed by atoms with Crippen LogP contribution in [0.15, 0.2) is 48.5 Å². The summed E-state index contributed by atoms with van der Waals surface area (Å²) in [4.78, 5) is 14.3. The van der Waals surface area contributed by atoms with Gasteiger partial charge in [-0.1, -0.05) is 65.7 Å². The average molecular weight is 435 g/mol. The number of urea groups is 1. The Morgan fingerprint density at radius 2 is 2.00 bits per heavy atom. The molecule has 2 aromatic carbocycles. The van der Waals surface area contributed by atoms with Crippen molar-refractivity contribution in [2.24, 2.45) is 0 Å². The molecule has 2 aliphatic heterocycles. The summed E-state index contributed by atoms with van der Waals surface area (Å²) in [7, 11) is 0. The van der Waals surface area contributed by atoms with E-state index in [1.165, 1.54) is 0 Å². The normalized spacial score (nSPS) is 22.2. The van der Waals surface area contributed by atoms with Crippen molar-refractivity contribution in [2.75, 3.05) is 19.7 Å². The number of carbonyl (C=O) groups excluding carboxylic acids is 1. The number of nitrogens with zero attached hydrogens (tertiary/aromatic N) is 1. The molecule has 1 N–H and O–H groups in total. The fourth-order valence-electron chi connectivity index (χ4n) is 3.68. The number of halogens is 2. The van der Waals surface area contributed by atoms with Crippen molar-refractivity contribution in [1.82, 2.24) is 10.2 Å². The van der Waals surface area contributed by atoms with Gasteiger partial charge in [0, 0.05) is 31.7 Å². The molecule has 0 bridgehead atoms. The van der Waals surface area contributed by atoms with Crippen molar-refractivity contribution in [1.29, 1.82) is 0 Å². The van der Waals surface area contributed by atoms with Gasteiger partial charge in [0.15, 0.2) is 0 Å². The molecule has 7 heteroatoms. The second-order valence-electron chi connectivity index (χ2n) is 7.33. The van der Waals surface area contributed by atoms with Gasteiger partial charge in [-0.3, -0.25) is 4.90 Å². The number of hydrogen-bond donors (Lipinski definition) is 1. The standard InChI is InChI=1S/C22H24Cl2N2O3/c23-18-10-4-9-17(20(18)24)21(15-6-2-1-3-7-15)29-19-11-12-26(19)22(27)25-14-16-8-5-13-28-16/h1-4,6-7,9-10,16,19,21H,5,8,11-14H2,(H,25,27). The van der Waals surface area contributed by atoms with E-state index in [1.54, 1.807) is 11.0 Å². The van der Waals surface area contributed by atoms with Gasteiger partial charge in [0.1, 0.15) is 12.3 Å². The van der Waals surface area contributed by atoms with E-state index in [0.717, 1.165) is 37.0 Å². The van der Waals surface area contributed by atoms with Crippen LogP contribution in [0.1, 0.15) is 36.5 Å². The predicted octanol–water partition coefficient (Wildman–Crippen LogP) is 5.02. The molecule has 2 heterocycles. The van der Waals surface area contributed by atoms with E-state index in [-0.39, 0.29) is 18.4 Å². The molecule has 5 nitrogen and oxygen atoms in total. The van der Waals surface area contributed by atoms with Gasteiger partial charge in [-0.05, 0) is 24.5 Å². The third kappa shape index (κ3) is 4.69. The van der Waals surface area contributed by atoms with Gasteiger partial charge in [0.25, 0.3) is 0 Å². The van der Waals surface area contributed by atoms with Crippen LogP contribution in [0.25, 0.3) is 0 Å². The smallest absolute Gasteiger partial charge is 0.319 e. The summed E-state index contributed by atoms with van der Waals surface area (Å²) >= 11 is 12.7. The largest absolute Gasteiger partial charge is 0.376 e. The van der Waals surface area contributed by atoms with Crippen LogP contribution in [0.5, 0.6) is 0 Å². The minimum atomic E-state index is -0.416. The van der Waals surface area contributed by atoms with Gasteiger partial charge in [-0.25, -0.2) is 4.79 Å². The Bertz CT molecular complexity index is 843. The molecule has 29 heavy (non-hydrogen) atoms. The van der Waals surface area contributed by atoms with Gasteiger partial charge in [0.05, 0.1) is 16.1 Å². The lowest BCUT2D eigenvalue weighted by molar-refractivity contribution is -0.120. The highest BCUT2D eigenvalue weighted by molar-refractivity contribution is 6.42. The second-order valence-corrected chi connectivity index (χ2v) is 8.11. The lowest BCUT2D eigenvalue weighted by atomic mass is 10.0. The summed E-state index contributed by atoms with van der Waals surface area (Å²) in [5, 5.41) is 3.91. The highest BCUT2D eigenvalue weighted by Gasteiger charge is 2.36. The van der Waals surface area contributed by atoms with Crippen LogP contribution in [-0.2, 0) is 9.47 Å². The quantitative estimate of drug-likeness (QED) is 0.693. The third-order valence-corrected chi connectivity index (χ3v) is 6.22. The fraction of sp³-hybridized carbons (Fsp3) is 0.409. The summed E-state index contributed by atoms with van der Waals surface area (Å²) < 4.78 is 12.0. The van der Waals surface area contributed by atoms with Crippen molar-refractivity contribution in [2.45, 2.75) is 37.7 Å². The van der Waals surface area contributed by atoms with Crippen LogP contribution in [0.2, 0.25) is 10.0 Å². The molecule has 4 rings (SSSR count). The van der Waals surface area contributed by atoms with Gasteiger partial charge in [0.2, 0.25) is 0 Å². The Morgan fingerprint density at radius 3 is 2.69 bits per heavy atom. The number of rotatable bonds is 6. The summed E-state index contributed by atoms with van der Waals surface area (Å²) in [5.74, 6) is 0. The maximum absolute atomic E-state index is 12.6. The van der Waals surface area contributed by atoms with Crippen molar-refractivity contribution in [3.63, 3.8) is 0 Å². The molecule has 2 aliphatic rings. The van der Waals surface area contributed by atoms with E-state index in [9.17, 15) is 4.79 Å². The SMILES string of the molecule is O=C(NCC1CCCO1)N1CCC1OC(c1ccccc1)c1cccc(Cl)c1Cl. The third-order valence-electron chi connectivity index (χ3n) is 5.39. The fourth-order valence-corrected chi connectivity index (χ4v) is 4.09. The van der Waals surface area contributed by atoms with Crippen LogP contribution in [0.3, 0.4) is 0 Å². The minimum Gasteiger partial charge on any atom is -0.376 e. The van der Waals surface area contributed by atoms with Crippen LogP contribution in [0, 0.1) is 0 Å². The molecule has 0 aromatic heterocycles. The Kier molecular flexibility index (Phi) is 6.60. The van der Waals surface area contributed by atoms with Gasteiger partial charge in [-0.2, -0.15) is 0 Å². The molecule has 0 radical (unpaired) electrons. The number of nitrogens with one attached hydrogen (secondary N) is 1. The molecule has 0 saturated carbocycles. The van der Waals surface area contributed by atoms with E-state index < -0.39 is 6.10 Å². The maximum Gasteiger partial charge on any atom is 0.319 e. The highest BCUT2D eigenvalue weighted by atomic mass is 35.5. The summed E-state index contributed by atoms with van der Waals surface area (Å²) in [5.41, 5.74) is 1.75. The predicted molar refractivity (Wildman–Crippen MR) is 113 cm³/mol. The molecule has 2 aromatic rings. The van der Waals surface area contributed by atoms with Crippen molar-refractivity contribution in [3.05, 3.63) is 69.7 Å². The molecule has 0 spiro atoms. The minimum absolute atomic E-state index is 0.113. The second kappa shape index (κ2) is 9.35. The summed E-state index contributed by atoms with van der Waals surface area (Å²) in [6, 6.07) is 15.2. The molecule has 2 saturated heterocycles. The van der Waals surface area contributed by atoms with E-state index in [4.69, 9.17) is 32.7 Å². The van der Waals surface area contributed by atoms with E-state index >= 15 is 0 Å². The topological polar surface area (TPSA) is 50.8 Å². The number of carbonyl (C=O) groups is 1. The number of hydrogen-bond acceptors (Lipinski definition) is 3. The molecule has 154 valence electrons. The Morgan fingerprint density at radius 1 is 1.17 bits per heavy atom. The van der Waals surface area contributed by atoms with Crippen molar-refractivity contribution in [3.8, 4) is 0 Å². The number of ether oxygens (including phenoxy) is 2. The molecular weight excluding hydrogens is 411 g/mol. The lowest BCUT2D eigenvalue weighted by Crippen LogP contribution is -2.57. The lowest BCUT2D eigenvalue weighted by Gasteiger charge is -2.42. The first-order valence-electron chi connectivity index (χ1n) is 9.94. The average Bonchev–Trinajstić information content (AvgIpc) is 3.23. The van der Waals surface area contributed by atoms with Gasteiger partial charge >= 0.3 is 6.03 Å².